The maximum Gasteiger partial charge on any atom is 0.217 e. The number of benzene rings is 2. The van der Waals surface area contributed by atoms with Crippen molar-refractivity contribution in [3.8, 4) is 0 Å². The third kappa shape index (κ3) is 6.42. The first-order chi connectivity index (χ1) is 23.2. The molecule has 1 N–H and O–H groups in total. The molecule has 3 atom stereocenters. The first-order valence-electron chi connectivity index (χ1n) is 17.3. The number of aryl methyl sites for hydroxylation is 1. The van der Waals surface area contributed by atoms with Gasteiger partial charge in [-0.3, -0.25) is 9.48 Å². The smallest absolute Gasteiger partial charge is 0.217 e. The van der Waals surface area contributed by atoms with E-state index in [0.717, 1.165) is 77.1 Å². The Bertz CT molecular complexity index is 1780. The van der Waals surface area contributed by atoms with Crippen molar-refractivity contribution < 1.29 is 13.2 Å². The van der Waals surface area contributed by atoms with E-state index in [4.69, 9.17) is 0 Å². The van der Waals surface area contributed by atoms with Crippen molar-refractivity contribution >= 4 is 21.4 Å². The minimum Gasteiger partial charge on any atom is -0.371 e. The van der Waals surface area contributed by atoms with E-state index in [1.807, 2.05) is 24.7 Å². The van der Waals surface area contributed by atoms with E-state index >= 15 is 0 Å². The number of amides is 1. The lowest BCUT2D eigenvalue weighted by Crippen LogP contribution is -2.56. The number of likely N-dealkylation sites (tertiary alicyclic amines) is 1. The van der Waals surface area contributed by atoms with Crippen LogP contribution in [0.4, 0.5) is 5.69 Å². The molecular formula is C37H47N7O3S. The highest BCUT2D eigenvalue weighted by Gasteiger charge is 2.52. The Kier molecular flexibility index (Phi) is 9.17. The molecule has 7 rings (SSSR count). The predicted molar refractivity (Wildman–Crippen MR) is 185 cm³/mol. The number of hydrogen-bond donors (Lipinski definition) is 1. The maximum absolute atomic E-state index is 13.0. The van der Waals surface area contributed by atoms with E-state index in [0.29, 0.717) is 22.6 Å². The number of nitrogens with zero attached hydrogens (tertiary/aromatic N) is 6. The second kappa shape index (κ2) is 13.5. The van der Waals surface area contributed by atoms with E-state index in [9.17, 15) is 13.2 Å². The topological polar surface area (TPSA) is 105 Å². The number of carbonyl (C=O) groups excluding carboxylic acids is 1. The second-order valence-electron chi connectivity index (χ2n) is 14.2. The van der Waals surface area contributed by atoms with Crippen molar-refractivity contribution in [3.05, 3.63) is 91.3 Å². The molecule has 0 radical (unpaired) electrons. The summed E-state index contributed by atoms with van der Waals surface area (Å²) in [5.74, 6) is 1.49. The number of rotatable bonds is 11. The first-order valence-corrected chi connectivity index (χ1v) is 18.8. The van der Waals surface area contributed by atoms with Crippen LogP contribution in [0.3, 0.4) is 0 Å². The summed E-state index contributed by atoms with van der Waals surface area (Å²) in [4.78, 5) is 22.2. The summed E-state index contributed by atoms with van der Waals surface area (Å²) in [6, 6.07) is 18.5. The molecule has 0 spiro atoms. The van der Waals surface area contributed by atoms with Gasteiger partial charge in [-0.15, -0.1) is 0 Å². The summed E-state index contributed by atoms with van der Waals surface area (Å²) < 4.78 is 29.7. The standard InChI is InChI=1S/C37H47N7O3S/c1-28(45)40-36-10-6-9-35(36)37(26-43-20-17-38-27-43,30-7-4-3-5-8-30)31-15-18-42(19-16-31)22-29-23-44(24-29)32-11-13-33(14-12-32)48(46,47)34-21-39-41(2)25-34/h3-5,7-8,11-14,17,20-21,25,27,29,31,35-36H,6,9-10,15-16,18-19,22-24,26H2,1-2H3,(H,40,45)/t35-,36-,37?/m0/s1. The SMILES string of the molecule is CC(=O)N[C@H]1CCC[C@@H]1C(Cn1ccnc1)(c1ccccc1)C1CCN(CC2CN(c3ccc(S(=O)(=O)c4cnn(C)c4)cc3)C2)CC1. The Hall–Kier alpha value is -3.96. The van der Waals surface area contributed by atoms with Gasteiger partial charge in [-0.2, -0.15) is 5.10 Å². The summed E-state index contributed by atoms with van der Waals surface area (Å²) in [5, 5.41) is 7.38. The van der Waals surface area contributed by atoms with Crippen LogP contribution in [-0.4, -0.2) is 77.3 Å². The van der Waals surface area contributed by atoms with Crippen LogP contribution in [-0.2, 0) is 33.6 Å². The monoisotopic (exact) mass is 669 g/mol. The third-order valence-electron chi connectivity index (χ3n) is 11.2. The summed E-state index contributed by atoms with van der Waals surface area (Å²) in [6.07, 6.45) is 14.4. The molecule has 11 heteroatoms. The number of nitrogens with one attached hydrogen (secondary N) is 1. The molecule has 1 amide bonds. The van der Waals surface area contributed by atoms with Gasteiger partial charge < -0.3 is 19.7 Å². The van der Waals surface area contributed by atoms with Crippen molar-refractivity contribution in [1.29, 1.82) is 0 Å². The molecular weight excluding hydrogens is 623 g/mol. The van der Waals surface area contributed by atoms with Gasteiger partial charge in [0.15, 0.2) is 0 Å². The molecule has 2 aromatic carbocycles. The van der Waals surface area contributed by atoms with Crippen molar-refractivity contribution in [2.75, 3.05) is 37.6 Å². The minimum atomic E-state index is -3.57. The van der Waals surface area contributed by atoms with Gasteiger partial charge in [-0.1, -0.05) is 36.8 Å². The van der Waals surface area contributed by atoms with Gasteiger partial charge in [-0.25, -0.2) is 13.4 Å². The van der Waals surface area contributed by atoms with Gasteiger partial charge in [0.05, 0.1) is 17.4 Å². The molecule has 2 aliphatic heterocycles. The molecule has 4 aromatic rings. The van der Waals surface area contributed by atoms with E-state index in [-0.39, 0.29) is 22.3 Å². The van der Waals surface area contributed by atoms with Crippen molar-refractivity contribution in [1.82, 2.24) is 29.5 Å². The van der Waals surface area contributed by atoms with Crippen LogP contribution >= 0.6 is 0 Å². The van der Waals surface area contributed by atoms with Crippen LogP contribution < -0.4 is 10.2 Å². The molecule has 3 aliphatic rings. The van der Waals surface area contributed by atoms with E-state index in [2.05, 4.69) is 66.3 Å². The van der Waals surface area contributed by atoms with Crippen LogP contribution in [0.1, 0.15) is 44.6 Å². The number of anilines is 1. The summed E-state index contributed by atoms with van der Waals surface area (Å²) >= 11 is 0. The minimum absolute atomic E-state index is 0.0616. The average molecular weight is 670 g/mol. The molecule has 10 nitrogen and oxygen atoms in total. The van der Waals surface area contributed by atoms with Crippen LogP contribution in [0.2, 0.25) is 0 Å². The number of carbonyl (C=O) groups is 1. The zero-order chi connectivity index (χ0) is 33.3. The molecule has 3 fully saturated rings. The van der Waals surface area contributed by atoms with Gasteiger partial charge >= 0.3 is 0 Å². The van der Waals surface area contributed by atoms with Crippen molar-refractivity contribution in [2.24, 2.45) is 24.8 Å². The van der Waals surface area contributed by atoms with Crippen molar-refractivity contribution in [2.45, 2.75) is 66.8 Å². The fourth-order valence-electron chi connectivity index (χ4n) is 8.93. The molecule has 0 bridgehead atoms. The number of imidazole rings is 1. The molecule has 1 saturated carbocycles. The van der Waals surface area contributed by atoms with Gasteiger partial charge in [0.2, 0.25) is 15.7 Å². The first kappa shape index (κ1) is 32.6. The van der Waals surface area contributed by atoms with Crippen molar-refractivity contribution in [3.63, 3.8) is 0 Å². The van der Waals surface area contributed by atoms with Crippen LogP contribution in [0.15, 0.2) is 95.5 Å². The van der Waals surface area contributed by atoms with E-state index in [1.165, 1.54) is 22.6 Å². The zero-order valence-electron chi connectivity index (χ0n) is 28.0. The highest BCUT2D eigenvalue weighted by Crippen LogP contribution is 2.51. The lowest BCUT2D eigenvalue weighted by molar-refractivity contribution is -0.120. The number of hydrogen-bond acceptors (Lipinski definition) is 7. The molecule has 2 saturated heterocycles. The highest BCUT2D eigenvalue weighted by molar-refractivity contribution is 7.91. The molecule has 48 heavy (non-hydrogen) atoms. The highest BCUT2D eigenvalue weighted by atomic mass is 32.2. The molecule has 1 aliphatic carbocycles. The lowest BCUT2D eigenvalue weighted by Gasteiger charge is -2.51. The second-order valence-corrected chi connectivity index (χ2v) is 16.1. The largest absolute Gasteiger partial charge is 0.371 e. The predicted octanol–water partition coefficient (Wildman–Crippen LogP) is 4.54. The lowest BCUT2D eigenvalue weighted by atomic mass is 9.58. The summed E-state index contributed by atoms with van der Waals surface area (Å²) in [5.41, 5.74) is 2.34. The number of aromatic nitrogens is 4. The summed E-state index contributed by atoms with van der Waals surface area (Å²) in [6.45, 7) is 7.68. The quantitative estimate of drug-likeness (QED) is 0.250. The Balaban J connectivity index is 1.01. The summed E-state index contributed by atoms with van der Waals surface area (Å²) in [7, 11) is -1.86. The fraction of sp³-hybridized carbons (Fsp3) is 0.486. The van der Waals surface area contributed by atoms with Gasteiger partial charge in [0.1, 0.15) is 4.90 Å². The average Bonchev–Trinajstić information content (AvgIpc) is 3.86. The molecule has 4 heterocycles. The molecule has 254 valence electrons. The third-order valence-corrected chi connectivity index (χ3v) is 12.9. The van der Waals surface area contributed by atoms with E-state index in [1.54, 1.807) is 26.1 Å². The Morgan fingerprint density at radius 1 is 0.979 bits per heavy atom. The van der Waals surface area contributed by atoms with E-state index < -0.39 is 9.84 Å². The molecule has 1 unspecified atom stereocenters. The Morgan fingerprint density at radius 3 is 2.38 bits per heavy atom. The van der Waals surface area contributed by atoms with Crippen LogP contribution in [0, 0.1) is 17.8 Å². The van der Waals surface area contributed by atoms with Gasteiger partial charge in [0.25, 0.3) is 0 Å². The number of sulfone groups is 1. The number of piperidine rings is 1. The zero-order valence-corrected chi connectivity index (χ0v) is 28.8. The Labute approximate surface area is 284 Å². The normalized spacial score (nSPS) is 22.3. The molecule has 2 aromatic heterocycles. The fourth-order valence-corrected chi connectivity index (χ4v) is 10.2. The van der Waals surface area contributed by atoms with Crippen LogP contribution in [0.25, 0.3) is 0 Å². The van der Waals surface area contributed by atoms with Crippen LogP contribution in [0.5, 0.6) is 0 Å². The maximum atomic E-state index is 13.0. The van der Waals surface area contributed by atoms with Gasteiger partial charge in [0, 0.05) is 81.8 Å². The Morgan fingerprint density at radius 2 is 1.73 bits per heavy atom. The van der Waals surface area contributed by atoms with Gasteiger partial charge in [-0.05, 0) is 80.4 Å².